The molecule has 0 radical (unpaired) electrons. The molecule has 0 spiro atoms. The molecule has 0 amide bonds. The Morgan fingerprint density at radius 2 is 1.57 bits per heavy atom. The van der Waals surface area contributed by atoms with Crippen molar-refractivity contribution < 1.29 is 31.8 Å². The van der Waals surface area contributed by atoms with Gasteiger partial charge in [-0.3, -0.25) is 0 Å². The molecule has 0 heterocycles. The lowest BCUT2D eigenvalue weighted by Crippen LogP contribution is -2.41. The highest BCUT2D eigenvalue weighted by molar-refractivity contribution is 5.57. The molecule has 1 aromatic carbocycles. The first-order chi connectivity index (χ1) is 9.84. The highest BCUT2D eigenvalue weighted by atomic mass is 19.3. The maximum absolute atomic E-state index is 13.7. The van der Waals surface area contributed by atoms with Crippen molar-refractivity contribution in [3.05, 3.63) is 17.7 Å². The van der Waals surface area contributed by atoms with E-state index in [0.717, 1.165) is 7.05 Å². The van der Waals surface area contributed by atoms with Crippen molar-refractivity contribution in [2.45, 2.75) is 18.4 Å². The molecule has 21 heavy (non-hydrogen) atoms. The lowest BCUT2D eigenvalue weighted by molar-refractivity contribution is -0.150. The molecule has 4 nitrogen and oxygen atoms in total. The predicted molar refractivity (Wildman–Crippen MR) is 68.8 cm³/mol. The van der Waals surface area contributed by atoms with Gasteiger partial charge in [-0.1, -0.05) is 0 Å². The Labute approximate surface area is 120 Å². The third-order valence-corrected chi connectivity index (χ3v) is 3.01. The first-order valence-corrected chi connectivity index (χ1v) is 5.97. The second kappa shape index (κ2) is 6.84. The van der Waals surface area contributed by atoms with Crippen LogP contribution < -0.4 is 19.5 Å². The molecule has 1 unspecified atom stereocenters. The molecule has 1 atom stereocenters. The van der Waals surface area contributed by atoms with E-state index in [-0.39, 0.29) is 22.8 Å². The number of hydrogen-bond acceptors (Lipinski definition) is 4. The molecule has 1 N–H and O–H groups in total. The summed E-state index contributed by atoms with van der Waals surface area (Å²) in [6.45, 7) is 0. The summed E-state index contributed by atoms with van der Waals surface area (Å²) in [7, 11) is 5.05. The molecule has 0 bridgehead atoms. The predicted octanol–water partition coefficient (Wildman–Crippen LogP) is 2.87. The standard InChI is InChI=1S/C13H17F4NO3/c1-18-11(13(16,17)12(14)15)7-5-6-8(19-2)10(21-4)9(7)20-3/h5-6,11-12,18H,1-4H3. The van der Waals surface area contributed by atoms with Gasteiger partial charge in [0, 0.05) is 5.56 Å². The lowest BCUT2D eigenvalue weighted by Gasteiger charge is -2.28. The number of hydrogen-bond donors (Lipinski definition) is 1. The molecule has 0 fully saturated rings. The van der Waals surface area contributed by atoms with Crippen LogP contribution in [0, 0.1) is 0 Å². The topological polar surface area (TPSA) is 39.7 Å². The zero-order valence-electron chi connectivity index (χ0n) is 12.0. The van der Waals surface area contributed by atoms with Crippen molar-refractivity contribution in [3.8, 4) is 17.2 Å². The van der Waals surface area contributed by atoms with Crippen LogP contribution in [0.1, 0.15) is 11.6 Å². The van der Waals surface area contributed by atoms with Gasteiger partial charge in [-0.15, -0.1) is 0 Å². The Morgan fingerprint density at radius 3 is 1.95 bits per heavy atom. The van der Waals surface area contributed by atoms with E-state index in [9.17, 15) is 17.6 Å². The summed E-state index contributed by atoms with van der Waals surface area (Å²) in [5.74, 6) is -4.06. The van der Waals surface area contributed by atoms with Gasteiger partial charge in [0.15, 0.2) is 11.5 Å². The maximum Gasteiger partial charge on any atom is 0.326 e. The number of ether oxygens (including phenoxy) is 3. The molecule has 0 aliphatic heterocycles. The van der Waals surface area contributed by atoms with Gasteiger partial charge in [0.25, 0.3) is 0 Å². The van der Waals surface area contributed by atoms with E-state index >= 15 is 0 Å². The second-order valence-corrected chi connectivity index (χ2v) is 4.12. The van der Waals surface area contributed by atoms with Crippen molar-refractivity contribution >= 4 is 0 Å². The minimum Gasteiger partial charge on any atom is -0.493 e. The van der Waals surface area contributed by atoms with Crippen LogP contribution in [-0.2, 0) is 0 Å². The average molecular weight is 311 g/mol. The highest BCUT2D eigenvalue weighted by Gasteiger charge is 2.50. The van der Waals surface area contributed by atoms with Crippen molar-refractivity contribution in [1.82, 2.24) is 5.32 Å². The van der Waals surface area contributed by atoms with E-state index in [1.165, 1.54) is 33.5 Å². The minimum absolute atomic E-state index is 0.0582. The Morgan fingerprint density at radius 1 is 1.00 bits per heavy atom. The molecular formula is C13H17F4NO3. The molecule has 120 valence electrons. The lowest BCUT2D eigenvalue weighted by atomic mass is 9.99. The van der Waals surface area contributed by atoms with Gasteiger partial charge in [-0.25, -0.2) is 8.78 Å². The molecule has 0 saturated heterocycles. The largest absolute Gasteiger partial charge is 0.493 e. The molecular weight excluding hydrogens is 294 g/mol. The van der Waals surface area contributed by atoms with Crippen molar-refractivity contribution in [2.75, 3.05) is 28.4 Å². The van der Waals surface area contributed by atoms with Gasteiger partial charge in [-0.2, -0.15) is 8.78 Å². The van der Waals surface area contributed by atoms with Crippen LogP contribution in [-0.4, -0.2) is 40.7 Å². The van der Waals surface area contributed by atoms with E-state index in [1.54, 1.807) is 0 Å². The third-order valence-electron chi connectivity index (χ3n) is 3.01. The number of benzene rings is 1. The smallest absolute Gasteiger partial charge is 0.326 e. The van der Waals surface area contributed by atoms with E-state index in [4.69, 9.17) is 14.2 Å². The summed E-state index contributed by atoms with van der Waals surface area (Å²) >= 11 is 0. The number of methoxy groups -OCH3 is 3. The molecule has 0 aromatic heterocycles. The van der Waals surface area contributed by atoms with Crippen LogP contribution >= 0.6 is 0 Å². The SMILES string of the molecule is CNC(c1ccc(OC)c(OC)c1OC)C(F)(F)C(F)F. The molecule has 0 saturated carbocycles. The van der Waals surface area contributed by atoms with E-state index < -0.39 is 18.4 Å². The Hall–Kier alpha value is -1.70. The highest BCUT2D eigenvalue weighted by Crippen LogP contribution is 2.46. The number of alkyl halides is 4. The van der Waals surface area contributed by atoms with Gasteiger partial charge in [0.2, 0.25) is 5.75 Å². The molecule has 0 aliphatic rings. The monoisotopic (exact) mass is 311 g/mol. The van der Waals surface area contributed by atoms with Gasteiger partial charge < -0.3 is 19.5 Å². The van der Waals surface area contributed by atoms with Gasteiger partial charge >= 0.3 is 12.3 Å². The summed E-state index contributed by atoms with van der Waals surface area (Å²) in [5, 5.41) is 2.20. The second-order valence-electron chi connectivity index (χ2n) is 4.12. The van der Waals surface area contributed by atoms with Crippen molar-refractivity contribution in [1.29, 1.82) is 0 Å². The molecule has 1 rings (SSSR count). The summed E-state index contributed by atoms with van der Waals surface area (Å²) in [6.07, 6.45) is -3.83. The van der Waals surface area contributed by atoms with Crippen LogP contribution in [0.4, 0.5) is 17.6 Å². The van der Waals surface area contributed by atoms with E-state index in [0.29, 0.717) is 0 Å². The fourth-order valence-electron chi connectivity index (χ4n) is 2.03. The van der Waals surface area contributed by atoms with Crippen LogP contribution in [0.2, 0.25) is 0 Å². The first kappa shape index (κ1) is 17.4. The van der Waals surface area contributed by atoms with Gasteiger partial charge in [-0.05, 0) is 19.2 Å². The number of halogens is 4. The summed E-state index contributed by atoms with van der Waals surface area (Å²) in [5.41, 5.74) is -0.150. The van der Waals surface area contributed by atoms with Crippen LogP contribution in [0.15, 0.2) is 12.1 Å². The summed E-state index contributed by atoms with van der Waals surface area (Å²) in [6, 6.07) is 0.646. The number of nitrogens with one attached hydrogen (secondary N) is 1. The Kier molecular flexibility index (Phi) is 5.65. The van der Waals surface area contributed by atoms with Crippen molar-refractivity contribution in [2.24, 2.45) is 0 Å². The maximum atomic E-state index is 13.7. The summed E-state index contributed by atoms with van der Waals surface area (Å²) in [4.78, 5) is 0. The van der Waals surface area contributed by atoms with Crippen LogP contribution in [0.5, 0.6) is 17.2 Å². The molecule has 8 heteroatoms. The fourth-order valence-corrected chi connectivity index (χ4v) is 2.03. The fraction of sp³-hybridized carbons (Fsp3) is 0.538. The minimum atomic E-state index is -4.28. The van der Waals surface area contributed by atoms with Crippen LogP contribution in [0.25, 0.3) is 0 Å². The quantitative estimate of drug-likeness (QED) is 0.786. The van der Waals surface area contributed by atoms with Gasteiger partial charge in [0.1, 0.15) is 6.04 Å². The summed E-state index contributed by atoms with van der Waals surface area (Å²) < 4.78 is 67.7. The first-order valence-electron chi connectivity index (χ1n) is 5.97. The zero-order valence-corrected chi connectivity index (χ0v) is 12.0. The number of rotatable bonds is 7. The van der Waals surface area contributed by atoms with Gasteiger partial charge in [0.05, 0.1) is 21.3 Å². The third kappa shape index (κ3) is 3.15. The normalized spacial score (nSPS) is 13.2. The average Bonchev–Trinajstić information content (AvgIpc) is 2.46. The Balaban J connectivity index is 3.47. The Bertz CT molecular complexity index is 483. The molecule has 0 aliphatic carbocycles. The van der Waals surface area contributed by atoms with E-state index in [2.05, 4.69) is 5.32 Å². The zero-order chi connectivity index (χ0) is 16.2. The van der Waals surface area contributed by atoms with Crippen LogP contribution in [0.3, 0.4) is 0 Å². The van der Waals surface area contributed by atoms with E-state index in [1.807, 2.05) is 0 Å². The van der Waals surface area contributed by atoms with Crippen molar-refractivity contribution in [3.63, 3.8) is 0 Å². The molecule has 1 aromatic rings.